The van der Waals surface area contributed by atoms with Crippen molar-refractivity contribution in [3.63, 3.8) is 0 Å². The normalized spacial score (nSPS) is 16.5. The largest absolute Gasteiger partial charge is 0.381 e. The molecule has 2 aliphatic rings. The maximum atomic E-state index is 5.87. The van der Waals surface area contributed by atoms with E-state index in [2.05, 4.69) is 86.6 Å². The van der Waals surface area contributed by atoms with Crippen LogP contribution >= 0.6 is 22.7 Å². The van der Waals surface area contributed by atoms with Gasteiger partial charge in [-0.2, -0.15) is 0 Å². The molecule has 258 valence electrons. The van der Waals surface area contributed by atoms with Crippen LogP contribution in [0.3, 0.4) is 0 Å². The first kappa shape index (κ1) is 35.5. The summed E-state index contributed by atoms with van der Waals surface area (Å²) in [6, 6.07) is 27.6. The van der Waals surface area contributed by atoms with E-state index in [9.17, 15) is 0 Å². The van der Waals surface area contributed by atoms with Gasteiger partial charge in [0, 0.05) is 43.6 Å². The molecule has 0 saturated carbocycles. The zero-order valence-electron chi connectivity index (χ0n) is 29.1. The molecule has 0 unspecified atom stereocenters. The minimum Gasteiger partial charge on any atom is -0.381 e. The van der Waals surface area contributed by atoms with Crippen molar-refractivity contribution in [2.45, 2.75) is 78.1 Å². The summed E-state index contributed by atoms with van der Waals surface area (Å²) in [5, 5.41) is 0. The zero-order chi connectivity index (χ0) is 33.1. The third-order valence-electron chi connectivity index (χ3n) is 9.64. The van der Waals surface area contributed by atoms with Crippen molar-refractivity contribution in [3.05, 3.63) is 83.9 Å². The number of hydrogen-bond acceptors (Lipinski definition) is 6. The van der Waals surface area contributed by atoms with Gasteiger partial charge in [-0.3, -0.25) is 0 Å². The van der Waals surface area contributed by atoms with Crippen LogP contribution < -0.4 is 0 Å². The molecular formula is C42H54O4S2. The van der Waals surface area contributed by atoms with Crippen LogP contribution in [0.2, 0.25) is 0 Å². The Morgan fingerprint density at radius 2 is 0.854 bits per heavy atom. The van der Waals surface area contributed by atoms with Crippen LogP contribution in [0.15, 0.2) is 72.8 Å². The highest BCUT2D eigenvalue weighted by Crippen LogP contribution is 2.40. The second-order valence-corrected chi connectivity index (χ2v) is 16.9. The highest BCUT2D eigenvalue weighted by Gasteiger charge is 2.34. The van der Waals surface area contributed by atoms with Crippen LogP contribution in [0.1, 0.15) is 76.3 Å². The van der Waals surface area contributed by atoms with Crippen LogP contribution in [0.25, 0.3) is 30.6 Å². The fourth-order valence-electron chi connectivity index (χ4n) is 6.40. The lowest BCUT2D eigenvalue weighted by atomic mass is 9.90. The van der Waals surface area contributed by atoms with E-state index >= 15 is 0 Å². The maximum absolute atomic E-state index is 5.87. The molecule has 48 heavy (non-hydrogen) atoms. The molecule has 0 aliphatic carbocycles. The highest BCUT2D eigenvalue weighted by atomic mass is 32.1. The lowest BCUT2D eigenvalue weighted by Gasteiger charge is -2.37. The Morgan fingerprint density at radius 1 is 0.479 bits per heavy atom. The van der Waals surface area contributed by atoms with Gasteiger partial charge in [0.2, 0.25) is 0 Å². The molecule has 0 spiro atoms. The van der Waals surface area contributed by atoms with Crippen LogP contribution in [0.5, 0.6) is 0 Å². The van der Waals surface area contributed by atoms with E-state index in [-0.39, 0.29) is 10.8 Å². The fraction of sp³-hybridized carbons (Fsp3) is 0.524. The summed E-state index contributed by atoms with van der Waals surface area (Å²) < 4.78 is 22.3. The molecule has 6 heteroatoms. The third-order valence-corrected chi connectivity index (χ3v) is 12.1. The van der Waals surface area contributed by atoms with E-state index in [4.69, 9.17) is 18.9 Å². The van der Waals surface area contributed by atoms with Crippen molar-refractivity contribution < 1.29 is 18.9 Å². The highest BCUT2D eigenvalue weighted by molar-refractivity contribution is 7.25. The molecule has 2 aliphatic heterocycles. The molecule has 4 aromatic rings. The van der Waals surface area contributed by atoms with Crippen molar-refractivity contribution >= 4 is 22.7 Å². The Morgan fingerprint density at radius 3 is 1.23 bits per heavy atom. The average Bonchev–Trinajstić information content (AvgIpc) is 3.77. The third kappa shape index (κ3) is 10.3. The van der Waals surface area contributed by atoms with Crippen molar-refractivity contribution in [3.8, 4) is 30.6 Å². The number of benzene rings is 2. The lowest BCUT2D eigenvalue weighted by molar-refractivity contribution is -0.137. The Kier molecular flexibility index (Phi) is 13.0. The lowest BCUT2D eigenvalue weighted by Crippen LogP contribution is -2.43. The van der Waals surface area contributed by atoms with Crippen LogP contribution in [-0.4, -0.2) is 52.9 Å². The van der Waals surface area contributed by atoms with Gasteiger partial charge in [-0.25, -0.2) is 0 Å². The Bertz CT molecular complexity index is 1400. The number of hydrogen-bond donors (Lipinski definition) is 0. The quantitative estimate of drug-likeness (QED) is 0.0818. The Hall–Kier alpha value is -2.32. The van der Waals surface area contributed by atoms with Gasteiger partial charge in [0.05, 0.1) is 39.6 Å². The summed E-state index contributed by atoms with van der Waals surface area (Å²) in [5.74, 6) is 0. The molecule has 0 radical (unpaired) electrons. The standard InChI is InChI=1S/C42H54O4S2/c1-41(29-45-30-41)27-43-25-9-5-3-7-11-33-13-17-35(18-14-33)37-21-23-39(47-37)40-24-22-38(48-40)36-19-15-34(16-20-36)12-8-4-6-10-26-44-28-42(2)31-46-32-42/h13-24H,3-12,25-32H2,1-2H3. The molecule has 4 heterocycles. The molecule has 2 fully saturated rings. The summed E-state index contributed by atoms with van der Waals surface area (Å²) in [7, 11) is 0. The molecule has 0 N–H and O–H groups in total. The van der Waals surface area contributed by atoms with Crippen LogP contribution in [0.4, 0.5) is 0 Å². The predicted octanol–water partition coefficient (Wildman–Crippen LogP) is 11.1. The number of rotatable bonds is 21. The number of aryl methyl sites for hydroxylation is 2. The Labute approximate surface area is 296 Å². The van der Waals surface area contributed by atoms with E-state index in [0.29, 0.717) is 0 Å². The van der Waals surface area contributed by atoms with E-state index in [0.717, 1.165) is 78.5 Å². The smallest absolute Gasteiger partial charge is 0.0564 e. The van der Waals surface area contributed by atoms with E-state index in [1.807, 2.05) is 22.7 Å². The van der Waals surface area contributed by atoms with Crippen LogP contribution in [0, 0.1) is 10.8 Å². The molecule has 0 atom stereocenters. The van der Waals surface area contributed by atoms with Gasteiger partial charge in [-0.1, -0.05) is 88.1 Å². The van der Waals surface area contributed by atoms with Gasteiger partial charge >= 0.3 is 0 Å². The first-order valence-electron chi connectivity index (χ1n) is 18.2. The molecular weight excluding hydrogens is 633 g/mol. The van der Waals surface area contributed by atoms with Gasteiger partial charge in [0.1, 0.15) is 0 Å². The molecule has 0 amide bonds. The van der Waals surface area contributed by atoms with E-state index in [1.54, 1.807) is 0 Å². The summed E-state index contributed by atoms with van der Waals surface area (Å²) in [6.07, 6.45) is 12.1. The molecule has 2 aromatic heterocycles. The zero-order valence-corrected chi connectivity index (χ0v) is 30.7. The maximum Gasteiger partial charge on any atom is 0.0564 e. The van der Waals surface area contributed by atoms with Crippen molar-refractivity contribution in [1.29, 1.82) is 0 Å². The summed E-state index contributed by atoms with van der Waals surface area (Å²) >= 11 is 3.79. The van der Waals surface area contributed by atoms with Crippen molar-refractivity contribution in [1.82, 2.24) is 0 Å². The Balaban J connectivity index is 0.873. The van der Waals surface area contributed by atoms with E-state index < -0.39 is 0 Å². The van der Waals surface area contributed by atoms with Gasteiger partial charge < -0.3 is 18.9 Å². The minimum atomic E-state index is 0.263. The van der Waals surface area contributed by atoms with Crippen molar-refractivity contribution in [2.24, 2.45) is 10.8 Å². The molecule has 0 bridgehead atoms. The first-order chi connectivity index (χ1) is 23.5. The predicted molar refractivity (Wildman–Crippen MR) is 202 cm³/mol. The second-order valence-electron chi connectivity index (χ2n) is 14.8. The summed E-state index contributed by atoms with van der Waals surface area (Å²) in [6.45, 7) is 11.3. The number of unbranched alkanes of at least 4 members (excludes halogenated alkanes) is 6. The topological polar surface area (TPSA) is 36.9 Å². The van der Waals surface area contributed by atoms with E-state index in [1.165, 1.54) is 80.3 Å². The fourth-order valence-corrected chi connectivity index (χ4v) is 8.51. The van der Waals surface area contributed by atoms with Gasteiger partial charge in [-0.15, -0.1) is 22.7 Å². The molecule has 2 aromatic carbocycles. The summed E-state index contributed by atoms with van der Waals surface area (Å²) in [5.41, 5.74) is 6.02. The van der Waals surface area contributed by atoms with Gasteiger partial charge in [0.25, 0.3) is 0 Å². The summed E-state index contributed by atoms with van der Waals surface area (Å²) in [4.78, 5) is 5.36. The number of ether oxygens (including phenoxy) is 4. The number of thiophene rings is 2. The average molecular weight is 687 g/mol. The van der Waals surface area contributed by atoms with Gasteiger partial charge in [0.15, 0.2) is 0 Å². The monoisotopic (exact) mass is 686 g/mol. The van der Waals surface area contributed by atoms with Gasteiger partial charge in [-0.05, 0) is 85.0 Å². The molecule has 6 rings (SSSR count). The SMILES string of the molecule is CC1(COCCCCCCc2ccc(-c3ccc(-c4ccc(-c5ccc(CCCCCCOCC6(C)COC6)cc5)s4)s3)cc2)COC1. The molecule has 2 saturated heterocycles. The second kappa shape index (κ2) is 17.6. The van der Waals surface area contributed by atoms with Crippen LogP contribution in [-0.2, 0) is 31.8 Å². The minimum absolute atomic E-state index is 0.263. The molecule has 4 nitrogen and oxygen atoms in total. The van der Waals surface area contributed by atoms with Crippen molar-refractivity contribution in [2.75, 3.05) is 52.9 Å². The first-order valence-corrected chi connectivity index (χ1v) is 19.8.